The molecule has 5 nitrogen and oxygen atoms in total. The number of rotatable bonds is 2. The first-order chi connectivity index (χ1) is 13.3. The molecule has 0 saturated heterocycles. The smallest absolute Gasteiger partial charge is 0.313 e. The van der Waals surface area contributed by atoms with Crippen molar-refractivity contribution < 1.29 is 0 Å². The summed E-state index contributed by atoms with van der Waals surface area (Å²) in [4.78, 5) is 25.6. The molecule has 0 fully saturated rings. The van der Waals surface area contributed by atoms with Crippen LogP contribution in [0, 0.1) is 13.8 Å². The van der Waals surface area contributed by atoms with E-state index >= 15 is 0 Å². The second-order valence-corrected chi connectivity index (χ2v) is 8.03. The van der Waals surface area contributed by atoms with Gasteiger partial charge in [-0.25, -0.2) is 4.79 Å². The Bertz CT molecular complexity index is 1360. The highest BCUT2D eigenvalue weighted by Gasteiger charge is 2.21. The van der Waals surface area contributed by atoms with E-state index in [1.165, 1.54) is 11.6 Å². The Labute approximate surface area is 170 Å². The largest absolute Gasteiger partial charge is 0.330 e. The lowest BCUT2D eigenvalue weighted by atomic mass is 10.1. The lowest BCUT2D eigenvalue weighted by molar-refractivity contribution is 0.714. The molecule has 0 saturated carbocycles. The van der Waals surface area contributed by atoms with Crippen LogP contribution in [-0.4, -0.2) is 13.7 Å². The fraction of sp³-hybridized carbons (Fsp3) is 0.182. The highest BCUT2D eigenvalue weighted by atomic mass is 79.9. The van der Waals surface area contributed by atoms with E-state index in [1.54, 1.807) is 7.05 Å². The zero-order chi connectivity index (χ0) is 20.2. The zero-order valence-corrected chi connectivity index (χ0v) is 17.7. The van der Waals surface area contributed by atoms with Gasteiger partial charge in [0.1, 0.15) is 0 Å². The van der Waals surface area contributed by atoms with Gasteiger partial charge in [0, 0.05) is 36.0 Å². The molecule has 0 atom stereocenters. The molecule has 4 aromatic rings. The standard InChI is InChI=1S/C22H20BrN3O2/c1-13-8-9-14(2)17(10-13)26-12-18-19(21(27)25(4)22(28)24(18)3)20(26)15-6-5-7-16(23)11-15/h5-12H,1-4H3. The summed E-state index contributed by atoms with van der Waals surface area (Å²) in [5.41, 5.74) is 4.87. The first-order valence-electron chi connectivity index (χ1n) is 8.94. The molecule has 2 aromatic carbocycles. The van der Waals surface area contributed by atoms with Crippen LogP contribution in [0.3, 0.4) is 0 Å². The van der Waals surface area contributed by atoms with Gasteiger partial charge in [0.2, 0.25) is 0 Å². The van der Waals surface area contributed by atoms with Crippen molar-refractivity contribution in [3.63, 3.8) is 0 Å². The number of halogens is 1. The van der Waals surface area contributed by atoms with Gasteiger partial charge in [-0.15, -0.1) is 0 Å². The quantitative estimate of drug-likeness (QED) is 0.474. The number of hydrogen-bond acceptors (Lipinski definition) is 2. The summed E-state index contributed by atoms with van der Waals surface area (Å²) < 4.78 is 5.64. The Morgan fingerprint density at radius 3 is 2.39 bits per heavy atom. The molecular weight excluding hydrogens is 418 g/mol. The van der Waals surface area contributed by atoms with Crippen molar-refractivity contribution in [1.29, 1.82) is 0 Å². The minimum absolute atomic E-state index is 0.294. The molecule has 0 bridgehead atoms. The number of hydrogen-bond donors (Lipinski definition) is 0. The van der Waals surface area contributed by atoms with Gasteiger partial charge in [-0.1, -0.05) is 40.2 Å². The van der Waals surface area contributed by atoms with Crippen molar-refractivity contribution in [1.82, 2.24) is 13.7 Å². The van der Waals surface area contributed by atoms with Crippen LogP contribution in [0.4, 0.5) is 0 Å². The summed E-state index contributed by atoms with van der Waals surface area (Å²) in [5, 5.41) is 0.531. The third-order valence-corrected chi connectivity index (χ3v) is 5.65. The van der Waals surface area contributed by atoms with Gasteiger partial charge >= 0.3 is 5.69 Å². The van der Waals surface area contributed by atoms with Gasteiger partial charge < -0.3 is 4.57 Å². The molecule has 0 aliphatic carbocycles. The van der Waals surface area contributed by atoms with Gasteiger partial charge in [-0.2, -0.15) is 0 Å². The summed E-state index contributed by atoms with van der Waals surface area (Å²) in [6, 6.07) is 14.1. The third-order valence-electron chi connectivity index (χ3n) is 5.16. The summed E-state index contributed by atoms with van der Waals surface area (Å²) >= 11 is 3.53. The van der Waals surface area contributed by atoms with E-state index in [2.05, 4.69) is 34.1 Å². The van der Waals surface area contributed by atoms with Gasteiger partial charge in [0.25, 0.3) is 5.56 Å². The number of nitrogens with zero attached hydrogens (tertiary/aromatic N) is 3. The van der Waals surface area contributed by atoms with Gasteiger partial charge in [-0.3, -0.25) is 13.9 Å². The van der Waals surface area contributed by atoms with E-state index in [-0.39, 0.29) is 11.2 Å². The number of aryl methyl sites for hydroxylation is 3. The summed E-state index contributed by atoms with van der Waals surface area (Å²) in [7, 11) is 3.21. The van der Waals surface area contributed by atoms with E-state index in [1.807, 2.05) is 48.9 Å². The maximum atomic E-state index is 13.1. The third kappa shape index (κ3) is 2.76. The first kappa shape index (κ1) is 18.5. The average molecular weight is 438 g/mol. The molecule has 0 aliphatic rings. The molecule has 2 aromatic heterocycles. The van der Waals surface area contributed by atoms with Crippen LogP contribution in [0.25, 0.3) is 27.8 Å². The second-order valence-electron chi connectivity index (χ2n) is 7.11. The summed E-state index contributed by atoms with van der Waals surface area (Å²) in [6.45, 7) is 4.08. The zero-order valence-electron chi connectivity index (χ0n) is 16.2. The van der Waals surface area contributed by atoms with Crippen LogP contribution in [0.15, 0.2) is 62.7 Å². The van der Waals surface area contributed by atoms with Crippen molar-refractivity contribution in [2.45, 2.75) is 13.8 Å². The van der Waals surface area contributed by atoms with Crippen molar-refractivity contribution in [3.05, 3.63) is 85.1 Å². The lowest BCUT2D eigenvalue weighted by Crippen LogP contribution is -2.36. The predicted molar refractivity (Wildman–Crippen MR) is 116 cm³/mol. The lowest BCUT2D eigenvalue weighted by Gasteiger charge is -2.13. The van der Waals surface area contributed by atoms with E-state index in [0.717, 1.165) is 37.1 Å². The number of benzene rings is 2. The van der Waals surface area contributed by atoms with Crippen molar-refractivity contribution in [2.75, 3.05) is 0 Å². The van der Waals surface area contributed by atoms with Gasteiger partial charge in [-0.05, 0) is 43.2 Å². The molecule has 0 N–H and O–H groups in total. The maximum absolute atomic E-state index is 13.1. The molecule has 0 unspecified atom stereocenters. The highest BCUT2D eigenvalue weighted by Crippen LogP contribution is 2.33. The fourth-order valence-corrected chi connectivity index (χ4v) is 4.03. The predicted octanol–water partition coefficient (Wildman–Crippen LogP) is 4.07. The molecule has 6 heteroatoms. The Hall–Kier alpha value is -2.86. The van der Waals surface area contributed by atoms with E-state index in [9.17, 15) is 9.59 Å². The molecule has 0 amide bonds. The maximum Gasteiger partial charge on any atom is 0.330 e. The second kappa shape index (κ2) is 6.63. The van der Waals surface area contributed by atoms with Crippen molar-refractivity contribution in [2.24, 2.45) is 14.1 Å². The van der Waals surface area contributed by atoms with Gasteiger partial charge in [0.15, 0.2) is 0 Å². The van der Waals surface area contributed by atoms with E-state index < -0.39 is 0 Å². The molecule has 0 radical (unpaired) electrons. The van der Waals surface area contributed by atoms with Crippen LogP contribution in [0.2, 0.25) is 0 Å². The van der Waals surface area contributed by atoms with Crippen LogP contribution >= 0.6 is 15.9 Å². The Kier molecular flexibility index (Phi) is 4.38. The molecule has 142 valence electrons. The minimum Gasteiger partial charge on any atom is -0.313 e. The normalized spacial score (nSPS) is 11.3. The average Bonchev–Trinajstić information content (AvgIpc) is 3.07. The Balaban J connectivity index is 2.25. The van der Waals surface area contributed by atoms with Crippen molar-refractivity contribution >= 4 is 26.8 Å². The van der Waals surface area contributed by atoms with Gasteiger partial charge in [0.05, 0.1) is 16.6 Å². The molecular formula is C22H20BrN3O2. The molecule has 4 rings (SSSR count). The summed E-state index contributed by atoms with van der Waals surface area (Å²) in [5.74, 6) is 0. The Morgan fingerprint density at radius 1 is 0.929 bits per heavy atom. The van der Waals surface area contributed by atoms with E-state index in [0.29, 0.717) is 10.9 Å². The van der Waals surface area contributed by atoms with Crippen LogP contribution in [0.1, 0.15) is 11.1 Å². The Morgan fingerprint density at radius 2 is 1.68 bits per heavy atom. The molecule has 0 spiro atoms. The van der Waals surface area contributed by atoms with Crippen LogP contribution < -0.4 is 11.2 Å². The number of fused-ring (bicyclic) bond motifs is 1. The minimum atomic E-state index is -0.337. The van der Waals surface area contributed by atoms with E-state index in [4.69, 9.17) is 0 Å². The van der Waals surface area contributed by atoms with Crippen LogP contribution in [-0.2, 0) is 14.1 Å². The SMILES string of the molecule is Cc1ccc(C)c(-n2cc3c(c2-c2cccc(Br)c2)c(=O)n(C)c(=O)n3C)c1. The fourth-order valence-electron chi connectivity index (χ4n) is 3.63. The molecule has 2 heterocycles. The molecule has 0 aliphatic heterocycles. The topological polar surface area (TPSA) is 48.9 Å². The van der Waals surface area contributed by atoms with Crippen LogP contribution in [0.5, 0.6) is 0 Å². The summed E-state index contributed by atoms with van der Waals surface area (Å²) in [6.07, 6.45) is 1.89. The highest BCUT2D eigenvalue weighted by molar-refractivity contribution is 9.10. The molecule has 28 heavy (non-hydrogen) atoms. The first-order valence-corrected chi connectivity index (χ1v) is 9.73. The monoisotopic (exact) mass is 437 g/mol. The number of aromatic nitrogens is 3. The van der Waals surface area contributed by atoms with Crippen molar-refractivity contribution in [3.8, 4) is 16.9 Å².